The van der Waals surface area contributed by atoms with Gasteiger partial charge >= 0.3 is 5.97 Å². The topological polar surface area (TPSA) is 78.4 Å². The van der Waals surface area contributed by atoms with Crippen molar-refractivity contribution in [1.29, 1.82) is 0 Å². The molecule has 0 aromatic carbocycles. The fourth-order valence-electron chi connectivity index (χ4n) is 1.19. The summed E-state index contributed by atoms with van der Waals surface area (Å²) in [4.78, 5) is 21.9. The lowest BCUT2D eigenvalue weighted by atomic mass is 10.1. The predicted octanol–water partition coefficient (Wildman–Crippen LogP) is 0.211. The van der Waals surface area contributed by atoms with E-state index in [1.807, 2.05) is 0 Å². The maximum atomic E-state index is 11.3. The second-order valence-electron chi connectivity index (χ2n) is 3.89. The zero-order valence-electron chi connectivity index (χ0n) is 9.54. The number of likely N-dealkylation sites (N-methyl/N-ethyl adjacent to an activating group) is 1. The lowest BCUT2D eigenvalue weighted by molar-refractivity contribution is -0.143. The van der Waals surface area contributed by atoms with Crippen LogP contribution in [0.25, 0.3) is 0 Å². The Morgan fingerprint density at radius 1 is 1.33 bits per heavy atom. The molecule has 3 N–H and O–H groups in total. The van der Waals surface area contributed by atoms with Crippen LogP contribution < -0.4 is 10.6 Å². The Labute approximate surface area is 90.2 Å². The van der Waals surface area contributed by atoms with Crippen molar-refractivity contribution in [2.75, 3.05) is 13.6 Å². The maximum Gasteiger partial charge on any atom is 0.330 e. The molecule has 0 saturated heterocycles. The van der Waals surface area contributed by atoms with Gasteiger partial charge in [0.15, 0.2) is 6.04 Å². The van der Waals surface area contributed by atoms with E-state index in [1.165, 1.54) is 7.05 Å². The molecule has 15 heavy (non-hydrogen) atoms. The summed E-state index contributed by atoms with van der Waals surface area (Å²) in [7, 11) is 1.45. The minimum atomic E-state index is -1.15. The fraction of sp³-hybridized carbons (Fsp3) is 0.800. The van der Waals surface area contributed by atoms with E-state index in [0.29, 0.717) is 12.5 Å². The quantitative estimate of drug-likeness (QED) is 0.420. The van der Waals surface area contributed by atoms with E-state index in [9.17, 15) is 9.59 Å². The lowest BCUT2D eigenvalue weighted by Gasteiger charge is -2.11. The molecule has 0 aromatic rings. The van der Waals surface area contributed by atoms with Gasteiger partial charge in [-0.3, -0.25) is 10.1 Å². The Morgan fingerprint density at radius 3 is 2.33 bits per heavy atom. The highest BCUT2D eigenvalue weighted by Gasteiger charge is 2.23. The van der Waals surface area contributed by atoms with E-state index in [0.717, 1.165) is 12.8 Å². The molecule has 0 radical (unpaired) electrons. The van der Waals surface area contributed by atoms with Crippen molar-refractivity contribution >= 4 is 11.9 Å². The van der Waals surface area contributed by atoms with Crippen LogP contribution in [0.1, 0.15) is 26.7 Å². The molecule has 1 atom stereocenters. The summed E-state index contributed by atoms with van der Waals surface area (Å²) in [5.74, 6) is -1.03. The van der Waals surface area contributed by atoms with Gasteiger partial charge in [0.1, 0.15) is 0 Å². The van der Waals surface area contributed by atoms with E-state index >= 15 is 0 Å². The molecule has 1 unspecified atom stereocenters. The lowest BCUT2D eigenvalue weighted by Crippen LogP contribution is -2.48. The first kappa shape index (κ1) is 13.9. The summed E-state index contributed by atoms with van der Waals surface area (Å²) in [6.45, 7) is 4.74. The van der Waals surface area contributed by atoms with Gasteiger partial charge in [-0.1, -0.05) is 13.8 Å². The molecule has 1 amide bonds. The second-order valence-corrected chi connectivity index (χ2v) is 3.89. The number of hydrogen-bond acceptors (Lipinski definition) is 3. The van der Waals surface area contributed by atoms with Gasteiger partial charge in [-0.05, 0) is 25.8 Å². The van der Waals surface area contributed by atoms with Gasteiger partial charge in [0.2, 0.25) is 5.91 Å². The van der Waals surface area contributed by atoms with Crippen molar-refractivity contribution < 1.29 is 14.7 Å². The molecule has 5 nitrogen and oxygen atoms in total. The highest BCUT2D eigenvalue weighted by Crippen LogP contribution is 2.01. The number of carboxylic acids is 1. The average Bonchev–Trinajstić information content (AvgIpc) is 2.12. The number of carbonyl (C=O) groups excluding carboxylic acids is 1. The largest absolute Gasteiger partial charge is 0.480 e. The monoisotopic (exact) mass is 216 g/mol. The number of carboxylic acid groups (broad SMARTS) is 1. The first-order chi connectivity index (χ1) is 6.99. The maximum absolute atomic E-state index is 11.3. The standard InChI is InChI=1S/C10H20N2O3/c1-7(2)5-4-6-12-9(13)8(11-3)10(14)15/h7-8,11H,4-6H2,1-3H3,(H,12,13)(H,14,15). The summed E-state index contributed by atoms with van der Waals surface area (Å²) >= 11 is 0. The van der Waals surface area contributed by atoms with Gasteiger partial charge in [0, 0.05) is 6.54 Å². The molecule has 0 aliphatic carbocycles. The molecule has 5 heteroatoms. The first-order valence-corrected chi connectivity index (χ1v) is 5.16. The number of rotatable bonds is 7. The minimum Gasteiger partial charge on any atom is -0.480 e. The molecule has 88 valence electrons. The first-order valence-electron chi connectivity index (χ1n) is 5.16. The summed E-state index contributed by atoms with van der Waals surface area (Å²) in [5.41, 5.74) is 0. The zero-order valence-corrected chi connectivity index (χ0v) is 9.54. The van der Waals surface area contributed by atoms with Crippen LogP contribution in [0.15, 0.2) is 0 Å². The van der Waals surface area contributed by atoms with E-state index < -0.39 is 17.9 Å². The van der Waals surface area contributed by atoms with Crippen LogP contribution in [0, 0.1) is 5.92 Å². The van der Waals surface area contributed by atoms with E-state index in [4.69, 9.17) is 5.11 Å². The molecule has 0 fully saturated rings. The number of amides is 1. The Morgan fingerprint density at radius 2 is 1.93 bits per heavy atom. The van der Waals surface area contributed by atoms with Gasteiger partial charge < -0.3 is 10.4 Å². The molecule has 0 aromatic heterocycles. The number of aliphatic carboxylic acids is 1. The Kier molecular flexibility index (Phi) is 6.70. The van der Waals surface area contributed by atoms with Crippen molar-refractivity contribution in [1.82, 2.24) is 10.6 Å². The molecule has 0 spiro atoms. The highest BCUT2D eigenvalue weighted by molar-refractivity contribution is 6.01. The number of hydrogen-bond donors (Lipinski definition) is 3. The SMILES string of the molecule is CNC(C(=O)O)C(=O)NCCCC(C)C. The molecule has 0 saturated carbocycles. The van der Waals surface area contributed by atoms with E-state index in [2.05, 4.69) is 24.5 Å². The van der Waals surface area contributed by atoms with Gasteiger partial charge in [0.05, 0.1) is 0 Å². The van der Waals surface area contributed by atoms with Crippen LogP contribution in [0.2, 0.25) is 0 Å². The summed E-state index contributed by atoms with van der Waals surface area (Å²) in [5, 5.41) is 13.7. The molecule has 0 aliphatic heterocycles. The van der Waals surface area contributed by atoms with Crippen molar-refractivity contribution in [2.45, 2.75) is 32.7 Å². The summed E-state index contributed by atoms with van der Waals surface area (Å²) in [6, 6.07) is -1.15. The van der Waals surface area contributed by atoms with Crippen molar-refractivity contribution in [2.24, 2.45) is 5.92 Å². The summed E-state index contributed by atoms with van der Waals surface area (Å²) in [6.07, 6.45) is 1.90. The number of carbonyl (C=O) groups is 2. The zero-order chi connectivity index (χ0) is 11.8. The van der Waals surface area contributed by atoms with Crippen molar-refractivity contribution in [3.05, 3.63) is 0 Å². The van der Waals surface area contributed by atoms with Gasteiger partial charge in [-0.2, -0.15) is 0 Å². The number of nitrogens with one attached hydrogen (secondary N) is 2. The molecule has 0 heterocycles. The third-order valence-corrected chi connectivity index (χ3v) is 2.06. The van der Waals surface area contributed by atoms with E-state index in [1.54, 1.807) is 0 Å². The molecular weight excluding hydrogens is 196 g/mol. The normalized spacial score (nSPS) is 12.5. The summed E-state index contributed by atoms with van der Waals surface area (Å²) < 4.78 is 0. The third-order valence-electron chi connectivity index (χ3n) is 2.06. The Balaban J connectivity index is 3.77. The fourth-order valence-corrected chi connectivity index (χ4v) is 1.19. The predicted molar refractivity (Wildman–Crippen MR) is 57.6 cm³/mol. The van der Waals surface area contributed by atoms with Crippen LogP contribution in [0.3, 0.4) is 0 Å². The molecule has 0 aliphatic rings. The highest BCUT2D eigenvalue weighted by atomic mass is 16.4. The van der Waals surface area contributed by atoms with E-state index in [-0.39, 0.29) is 0 Å². The van der Waals surface area contributed by atoms with Crippen LogP contribution >= 0.6 is 0 Å². The second kappa shape index (κ2) is 7.23. The van der Waals surface area contributed by atoms with Crippen LogP contribution in [0.5, 0.6) is 0 Å². The van der Waals surface area contributed by atoms with Crippen molar-refractivity contribution in [3.8, 4) is 0 Å². The van der Waals surface area contributed by atoms with Gasteiger partial charge in [-0.25, -0.2) is 4.79 Å². The van der Waals surface area contributed by atoms with Crippen molar-refractivity contribution in [3.63, 3.8) is 0 Å². The van der Waals surface area contributed by atoms with Gasteiger partial charge in [-0.15, -0.1) is 0 Å². The third kappa shape index (κ3) is 6.06. The van der Waals surface area contributed by atoms with Crippen LogP contribution in [-0.2, 0) is 9.59 Å². The van der Waals surface area contributed by atoms with Gasteiger partial charge in [0.25, 0.3) is 0 Å². The Bertz CT molecular complexity index is 217. The molecule has 0 rings (SSSR count). The molecular formula is C10H20N2O3. The minimum absolute atomic E-state index is 0.478. The van der Waals surface area contributed by atoms with Crippen LogP contribution in [-0.4, -0.2) is 36.6 Å². The Hall–Kier alpha value is -1.10. The average molecular weight is 216 g/mol. The molecule has 0 bridgehead atoms. The van der Waals surface area contributed by atoms with Crippen LogP contribution in [0.4, 0.5) is 0 Å². The smallest absolute Gasteiger partial charge is 0.330 e.